The van der Waals surface area contributed by atoms with Crippen molar-refractivity contribution in [1.82, 2.24) is 15.5 Å². The number of hydrogen-bond acceptors (Lipinski definition) is 6. The average molecular weight is 479 g/mol. The number of anilines is 1. The van der Waals surface area contributed by atoms with Gasteiger partial charge in [-0.15, -0.1) is 10.2 Å². The van der Waals surface area contributed by atoms with Crippen LogP contribution in [0.25, 0.3) is 11.3 Å². The van der Waals surface area contributed by atoms with Gasteiger partial charge in [0.1, 0.15) is 5.82 Å². The molecule has 2 aromatic carbocycles. The van der Waals surface area contributed by atoms with Crippen LogP contribution in [-0.2, 0) is 11.3 Å². The first-order valence-corrected chi connectivity index (χ1v) is 12.1. The van der Waals surface area contributed by atoms with Crippen LogP contribution < -0.4 is 19.7 Å². The molecule has 1 fully saturated rings. The molecule has 1 amide bonds. The minimum absolute atomic E-state index is 0.0354. The molecule has 0 atom stereocenters. The summed E-state index contributed by atoms with van der Waals surface area (Å²) in [6, 6.07) is 15.8. The van der Waals surface area contributed by atoms with Crippen LogP contribution in [0.2, 0.25) is 0 Å². The van der Waals surface area contributed by atoms with Gasteiger partial charge in [-0.3, -0.25) is 4.79 Å². The molecule has 0 bridgehead atoms. The van der Waals surface area contributed by atoms with E-state index in [9.17, 15) is 9.18 Å². The van der Waals surface area contributed by atoms with Crippen LogP contribution in [0.1, 0.15) is 32.3 Å². The van der Waals surface area contributed by atoms with Crippen molar-refractivity contribution >= 4 is 11.7 Å². The smallest absolute Gasteiger partial charge is 0.223 e. The van der Waals surface area contributed by atoms with Crippen molar-refractivity contribution < 1.29 is 18.7 Å². The zero-order valence-electron chi connectivity index (χ0n) is 20.2. The molecule has 8 heteroatoms. The van der Waals surface area contributed by atoms with E-state index in [1.54, 1.807) is 12.1 Å². The first-order chi connectivity index (χ1) is 17.1. The lowest BCUT2D eigenvalue weighted by Gasteiger charge is -2.31. The van der Waals surface area contributed by atoms with Crippen LogP contribution in [0.15, 0.2) is 54.6 Å². The van der Waals surface area contributed by atoms with E-state index >= 15 is 0 Å². The Morgan fingerprint density at radius 3 is 2.34 bits per heavy atom. The second kappa shape index (κ2) is 11.6. The first kappa shape index (κ1) is 24.4. The SMILES string of the molecule is CCOc1ccc(CNC(=O)C2CCN(c3ccc(-c4ccc(F)cc4)nn3)CC2)cc1OCC. The van der Waals surface area contributed by atoms with Gasteiger partial charge >= 0.3 is 0 Å². The standard InChI is InChI=1S/C27H31FN4O3/c1-3-34-24-11-5-19(17-25(24)35-4-2)18-29-27(33)21-13-15-32(16-14-21)26-12-10-23(30-31-26)20-6-8-22(28)9-7-20/h5-12,17,21H,3-4,13-16,18H2,1-2H3,(H,29,33). The molecular formula is C27H31FN4O3. The number of carbonyl (C=O) groups is 1. The normalized spacial score (nSPS) is 14.0. The van der Waals surface area contributed by atoms with E-state index in [1.807, 2.05) is 44.2 Å². The second-order valence-electron chi connectivity index (χ2n) is 8.41. The lowest BCUT2D eigenvalue weighted by Crippen LogP contribution is -2.40. The molecule has 0 saturated carbocycles. The van der Waals surface area contributed by atoms with Gasteiger partial charge in [0.15, 0.2) is 17.3 Å². The summed E-state index contributed by atoms with van der Waals surface area (Å²) >= 11 is 0. The largest absolute Gasteiger partial charge is 0.490 e. The van der Waals surface area contributed by atoms with Crippen LogP contribution in [0.4, 0.5) is 10.2 Å². The summed E-state index contributed by atoms with van der Waals surface area (Å²) in [5.74, 6) is 1.94. The molecule has 3 aromatic rings. The van der Waals surface area contributed by atoms with E-state index in [-0.39, 0.29) is 17.6 Å². The van der Waals surface area contributed by atoms with Crippen LogP contribution in [-0.4, -0.2) is 42.4 Å². The minimum Gasteiger partial charge on any atom is -0.490 e. The van der Waals surface area contributed by atoms with Crippen molar-refractivity contribution in [2.24, 2.45) is 5.92 Å². The lowest BCUT2D eigenvalue weighted by atomic mass is 9.96. The molecule has 0 aliphatic carbocycles. The van der Waals surface area contributed by atoms with Crippen molar-refractivity contribution in [3.8, 4) is 22.8 Å². The van der Waals surface area contributed by atoms with E-state index in [4.69, 9.17) is 9.47 Å². The summed E-state index contributed by atoms with van der Waals surface area (Å²) in [4.78, 5) is 14.9. The molecule has 35 heavy (non-hydrogen) atoms. The summed E-state index contributed by atoms with van der Waals surface area (Å²) < 4.78 is 24.4. The summed E-state index contributed by atoms with van der Waals surface area (Å²) in [6.07, 6.45) is 1.50. The quantitative estimate of drug-likeness (QED) is 0.484. The summed E-state index contributed by atoms with van der Waals surface area (Å²) in [6.45, 7) is 6.90. The number of ether oxygens (including phenoxy) is 2. The number of amides is 1. The lowest BCUT2D eigenvalue weighted by molar-refractivity contribution is -0.125. The van der Waals surface area contributed by atoms with Gasteiger partial charge in [-0.1, -0.05) is 6.07 Å². The monoisotopic (exact) mass is 478 g/mol. The zero-order chi connectivity index (χ0) is 24.6. The van der Waals surface area contributed by atoms with Crippen molar-refractivity contribution in [3.63, 3.8) is 0 Å². The fourth-order valence-corrected chi connectivity index (χ4v) is 4.18. The molecule has 0 spiro atoms. The number of hydrogen-bond donors (Lipinski definition) is 1. The topological polar surface area (TPSA) is 76.6 Å². The number of rotatable bonds is 9. The molecule has 184 valence electrons. The van der Waals surface area contributed by atoms with Gasteiger partial charge in [0.25, 0.3) is 0 Å². The van der Waals surface area contributed by atoms with Crippen molar-refractivity contribution in [2.75, 3.05) is 31.2 Å². The highest BCUT2D eigenvalue weighted by atomic mass is 19.1. The third kappa shape index (κ3) is 6.26. The zero-order valence-corrected chi connectivity index (χ0v) is 20.2. The third-order valence-corrected chi connectivity index (χ3v) is 6.05. The molecule has 1 aromatic heterocycles. The van der Waals surface area contributed by atoms with Gasteiger partial charge in [0.2, 0.25) is 5.91 Å². The van der Waals surface area contributed by atoms with E-state index in [2.05, 4.69) is 20.4 Å². The number of nitrogens with zero attached hydrogens (tertiary/aromatic N) is 3. The van der Waals surface area contributed by atoms with Gasteiger partial charge in [-0.05, 0) is 80.8 Å². The van der Waals surface area contributed by atoms with Gasteiger partial charge in [-0.25, -0.2) is 4.39 Å². The van der Waals surface area contributed by atoms with Gasteiger partial charge in [-0.2, -0.15) is 0 Å². The van der Waals surface area contributed by atoms with E-state index in [0.717, 1.165) is 42.9 Å². The van der Waals surface area contributed by atoms with Crippen LogP contribution in [0.5, 0.6) is 11.5 Å². The van der Waals surface area contributed by atoms with Gasteiger partial charge in [0.05, 0.1) is 18.9 Å². The minimum atomic E-state index is -0.278. The number of piperidine rings is 1. The molecule has 4 rings (SSSR count). The Bertz CT molecular complexity index is 1110. The summed E-state index contributed by atoms with van der Waals surface area (Å²) in [5, 5.41) is 11.7. The number of aromatic nitrogens is 2. The fourth-order valence-electron chi connectivity index (χ4n) is 4.18. The Balaban J connectivity index is 1.28. The Morgan fingerprint density at radius 1 is 0.971 bits per heavy atom. The van der Waals surface area contributed by atoms with Gasteiger partial charge < -0.3 is 19.7 Å². The Kier molecular flexibility index (Phi) is 8.13. The number of halogens is 1. The maximum atomic E-state index is 13.1. The molecule has 2 heterocycles. The van der Waals surface area contributed by atoms with Crippen LogP contribution >= 0.6 is 0 Å². The highest BCUT2D eigenvalue weighted by Gasteiger charge is 2.25. The highest BCUT2D eigenvalue weighted by Crippen LogP contribution is 2.29. The highest BCUT2D eigenvalue weighted by molar-refractivity contribution is 5.79. The fraction of sp³-hybridized carbons (Fsp3) is 0.370. The number of carbonyl (C=O) groups excluding carboxylic acids is 1. The average Bonchev–Trinajstić information content (AvgIpc) is 2.89. The molecule has 1 aliphatic rings. The molecule has 1 aliphatic heterocycles. The van der Waals surface area contributed by atoms with Crippen molar-refractivity contribution in [2.45, 2.75) is 33.2 Å². The Labute approximate surface area is 205 Å². The number of benzene rings is 2. The number of nitrogens with one attached hydrogen (secondary N) is 1. The summed E-state index contributed by atoms with van der Waals surface area (Å²) in [7, 11) is 0. The maximum absolute atomic E-state index is 13.1. The molecule has 0 radical (unpaired) electrons. The maximum Gasteiger partial charge on any atom is 0.223 e. The van der Waals surface area contributed by atoms with Crippen LogP contribution in [0, 0.1) is 11.7 Å². The van der Waals surface area contributed by atoms with Crippen LogP contribution in [0.3, 0.4) is 0 Å². The molecule has 0 unspecified atom stereocenters. The Hall–Kier alpha value is -3.68. The second-order valence-corrected chi connectivity index (χ2v) is 8.41. The first-order valence-electron chi connectivity index (χ1n) is 12.1. The van der Waals surface area contributed by atoms with Crippen molar-refractivity contribution in [1.29, 1.82) is 0 Å². The molecular weight excluding hydrogens is 447 g/mol. The Morgan fingerprint density at radius 2 is 1.69 bits per heavy atom. The molecule has 1 saturated heterocycles. The predicted octanol–water partition coefficient (Wildman–Crippen LogP) is 4.61. The van der Waals surface area contributed by atoms with E-state index in [1.165, 1.54) is 12.1 Å². The molecule has 1 N–H and O–H groups in total. The molecule has 7 nitrogen and oxygen atoms in total. The van der Waals surface area contributed by atoms with Gasteiger partial charge in [0, 0.05) is 31.1 Å². The van der Waals surface area contributed by atoms with E-state index in [0.29, 0.717) is 37.0 Å². The predicted molar refractivity (Wildman–Crippen MR) is 133 cm³/mol. The summed E-state index contributed by atoms with van der Waals surface area (Å²) in [5.41, 5.74) is 2.49. The third-order valence-electron chi connectivity index (χ3n) is 6.05. The van der Waals surface area contributed by atoms with E-state index < -0.39 is 0 Å². The van der Waals surface area contributed by atoms with Crippen molar-refractivity contribution in [3.05, 3.63) is 66.0 Å².